The van der Waals surface area contributed by atoms with Crippen LogP contribution in [0.3, 0.4) is 0 Å². The fourth-order valence-corrected chi connectivity index (χ4v) is 2.92. The molecule has 0 spiro atoms. The number of aromatic nitrogens is 2. The van der Waals surface area contributed by atoms with Crippen molar-refractivity contribution in [2.24, 2.45) is 0 Å². The smallest absolute Gasteiger partial charge is 0.306 e. The summed E-state index contributed by atoms with van der Waals surface area (Å²) in [5.74, 6) is 1.07. The standard InChI is InChI=1S/C22H20N2O6/c1-14-2-4-15(5-3-14)22-23-20(30-24-22)13-29-21(26)9-7-17(25)16-6-8-18-19(12-16)28-11-10-27-18/h2-6,8,12H,7,9-11,13H2,1H3. The predicted molar refractivity (Wildman–Crippen MR) is 105 cm³/mol. The van der Waals surface area contributed by atoms with E-state index in [2.05, 4.69) is 10.1 Å². The zero-order valence-corrected chi connectivity index (χ0v) is 16.4. The second kappa shape index (κ2) is 8.77. The van der Waals surface area contributed by atoms with Gasteiger partial charge in [-0.15, -0.1) is 0 Å². The molecule has 154 valence electrons. The third kappa shape index (κ3) is 4.65. The van der Waals surface area contributed by atoms with Crippen LogP contribution in [0.25, 0.3) is 11.4 Å². The lowest BCUT2D eigenvalue weighted by Crippen LogP contribution is -2.16. The first kappa shape index (κ1) is 19.6. The van der Waals surface area contributed by atoms with E-state index in [0.717, 1.165) is 11.1 Å². The normalized spacial score (nSPS) is 12.4. The third-order valence-electron chi connectivity index (χ3n) is 4.55. The lowest BCUT2D eigenvalue weighted by atomic mass is 10.1. The van der Waals surface area contributed by atoms with Gasteiger partial charge in [0.25, 0.3) is 5.89 Å². The summed E-state index contributed by atoms with van der Waals surface area (Å²) in [6.45, 7) is 2.77. The number of ketones is 1. The predicted octanol–water partition coefficient (Wildman–Crippen LogP) is 3.52. The highest BCUT2D eigenvalue weighted by molar-refractivity contribution is 5.98. The molecule has 8 nitrogen and oxygen atoms in total. The van der Waals surface area contributed by atoms with Gasteiger partial charge in [0, 0.05) is 17.5 Å². The number of ether oxygens (including phenoxy) is 3. The highest BCUT2D eigenvalue weighted by Crippen LogP contribution is 2.31. The molecular formula is C22H20N2O6. The Kier molecular flexibility index (Phi) is 5.74. The van der Waals surface area contributed by atoms with Gasteiger partial charge in [-0.1, -0.05) is 35.0 Å². The van der Waals surface area contributed by atoms with Gasteiger partial charge in [0.2, 0.25) is 5.82 Å². The van der Waals surface area contributed by atoms with E-state index < -0.39 is 5.97 Å². The molecule has 0 N–H and O–H groups in total. The van der Waals surface area contributed by atoms with Crippen LogP contribution in [-0.2, 0) is 16.1 Å². The quantitative estimate of drug-likeness (QED) is 0.432. The van der Waals surface area contributed by atoms with Gasteiger partial charge in [-0.25, -0.2) is 0 Å². The number of carbonyl (C=O) groups excluding carboxylic acids is 2. The van der Waals surface area contributed by atoms with E-state index in [-0.39, 0.29) is 31.1 Å². The number of carbonyl (C=O) groups is 2. The fraction of sp³-hybridized carbons (Fsp3) is 0.273. The van der Waals surface area contributed by atoms with Crippen molar-refractivity contribution in [3.05, 3.63) is 59.5 Å². The Morgan fingerprint density at radius 2 is 1.77 bits per heavy atom. The van der Waals surface area contributed by atoms with Crippen LogP contribution in [0, 0.1) is 6.92 Å². The van der Waals surface area contributed by atoms with Crippen LogP contribution in [0.15, 0.2) is 47.0 Å². The summed E-state index contributed by atoms with van der Waals surface area (Å²) in [5.41, 5.74) is 2.40. The molecule has 0 bridgehead atoms. The van der Waals surface area contributed by atoms with E-state index in [4.69, 9.17) is 18.7 Å². The minimum absolute atomic E-state index is 0.0247. The summed E-state index contributed by atoms with van der Waals surface area (Å²) in [6.07, 6.45) is -0.0246. The molecule has 2 heterocycles. The molecule has 3 aromatic rings. The SMILES string of the molecule is Cc1ccc(-c2noc(COC(=O)CCC(=O)c3ccc4c(c3)OCCO4)n2)cc1. The number of nitrogens with zero attached hydrogens (tertiary/aromatic N) is 2. The number of Topliss-reactive ketones (excluding diaryl/α,β-unsaturated/α-hetero) is 1. The molecule has 0 unspecified atom stereocenters. The second-order valence-electron chi connectivity index (χ2n) is 6.82. The average Bonchev–Trinajstić information content (AvgIpc) is 3.25. The lowest BCUT2D eigenvalue weighted by molar-refractivity contribution is -0.145. The van der Waals surface area contributed by atoms with E-state index in [1.54, 1.807) is 18.2 Å². The number of hydrogen-bond donors (Lipinski definition) is 0. The average molecular weight is 408 g/mol. The minimum Gasteiger partial charge on any atom is -0.486 e. The second-order valence-corrected chi connectivity index (χ2v) is 6.82. The summed E-state index contributed by atoms with van der Waals surface area (Å²) < 4.78 is 21.2. The summed E-state index contributed by atoms with van der Waals surface area (Å²) in [7, 11) is 0. The van der Waals surface area contributed by atoms with Crippen molar-refractivity contribution in [2.45, 2.75) is 26.4 Å². The summed E-state index contributed by atoms with van der Waals surface area (Å²) in [6, 6.07) is 12.7. The fourth-order valence-electron chi connectivity index (χ4n) is 2.92. The minimum atomic E-state index is -0.518. The zero-order valence-electron chi connectivity index (χ0n) is 16.4. The van der Waals surface area contributed by atoms with Crippen LogP contribution in [0.5, 0.6) is 11.5 Å². The van der Waals surface area contributed by atoms with E-state index in [0.29, 0.717) is 36.1 Å². The maximum atomic E-state index is 12.3. The number of rotatable bonds is 7. The molecule has 8 heteroatoms. The van der Waals surface area contributed by atoms with Gasteiger partial charge in [0.15, 0.2) is 23.9 Å². The van der Waals surface area contributed by atoms with Crippen LogP contribution >= 0.6 is 0 Å². The Hall–Kier alpha value is -3.68. The van der Waals surface area contributed by atoms with E-state index >= 15 is 0 Å². The van der Waals surface area contributed by atoms with Crippen LogP contribution in [0.4, 0.5) is 0 Å². The first-order valence-electron chi connectivity index (χ1n) is 9.56. The topological polar surface area (TPSA) is 101 Å². The third-order valence-corrected chi connectivity index (χ3v) is 4.55. The monoisotopic (exact) mass is 408 g/mol. The molecule has 2 aromatic carbocycles. The molecular weight excluding hydrogens is 388 g/mol. The van der Waals surface area contributed by atoms with E-state index in [9.17, 15) is 9.59 Å². The lowest BCUT2D eigenvalue weighted by Gasteiger charge is -2.18. The number of esters is 1. The largest absolute Gasteiger partial charge is 0.486 e. The van der Waals surface area contributed by atoms with Crippen molar-refractivity contribution in [3.63, 3.8) is 0 Å². The molecule has 0 fully saturated rings. The van der Waals surface area contributed by atoms with Crippen molar-refractivity contribution in [3.8, 4) is 22.9 Å². The van der Waals surface area contributed by atoms with E-state index in [1.807, 2.05) is 31.2 Å². The Morgan fingerprint density at radius 1 is 1.00 bits per heavy atom. The van der Waals surface area contributed by atoms with Crippen molar-refractivity contribution in [2.75, 3.05) is 13.2 Å². The van der Waals surface area contributed by atoms with Crippen LogP contribution in [0.2, 0.25) is 0 Å². The molecule has 1 aliphatic heterocycles. The van der Waals surface area contributed by atoms with Gasteiger partial charge in [0.05, 0.1) is 6.42 Å². The molecule has 0 saturated carbocycles. The molecule has 0 atom stereocenters. The van der Waals surface area contributed by atoms with Gasteiger partial charge >= 0.3 is 5.97 Å². The van der Waals surface area contributed by atoms with Gasteiger partial charge in [-0.05, 0) is 25.1 Å². The maximum absolute atomic E-state index is 12.3. The van der Waals surface area contributed by atoms with Crippen molar-refractivity contribution in [1.29, 1.82) is 0 Å². The zero-order chi connectivity index (χ0) is 20.9. The summed E-state index contributed by atoms with van der Waals surface area (Å²) >= 11 is 0. The molecule has 4 rings (SSSR count). The first-order chi connectivity index (χ1) is 14.6. The molecule has 1 aliphatic rings. The summed E-state index contributed by atoms with van der Waals surface area (Å²) in [5, 5.41) is 3.89. The van der Waals surface area contributed by atoms with Crippen molar-refractivity contribution in [1.82, 2.24) is 10.1 Å². The van der Waals surface area contributed by atoms with Crippen molar-refractivity contribution >= 4 is 11.8 Å². The molecule has 0 saturated heterocycles. The first-order valence-corrected chi connectivity index (χ1v) is 9.56. The Balaban J connectivity index is 1.26. The van der Waals surface area contributed by atoms with Crippen molar-refractivity contribution < 1.29 is 28.3 Å². The van der Waals surface area contributed by atoms with Crippen LogP contribution in [0.1, 0.15) is 34.7 Å². The Bertz CT molecular complexity index is 1060. The highest BCUT2D eigenvalue weighted by Gasteiger charge is 2.17. The molecule has 1 aromatic heterocycles. The molecule has 0 aliphatic carbocycles. The van der Waals surface area contributed by atoms with E-state index in [1.165, 1.54) is 0 Å². The summed E-state index contributed by atoms with van der Waals surface area (Å²) in [4.78, 5) is 28.6. The number of aryl methyl sites for hydroxylation is 1. The van der Waals surface area contributed by atoms with Gasteiger partial charge in [-0.2, -0.15) is 4.98 Å². The van der Waals surface area contributed by atoms with Crippen LogP contribution < -0.4 is 9.47 Å². The number of benzene rings is 2. The highest BCUT2D eigenvalue weighted by atomic mass is 16.6. The van der Waals surface area contributed by atoms with Gasteiger partial charge in [0.1, 0.15) is 13.2 Å². The maximum Gasteiger partial charge on any atom is 0.306 e. The van der Waals surface area contributed by atoms with Gasteiger partial charge < -0.3 is 18.7 Å². The van der Waals surface area contributed by atoms with Gasteiger partial charge in [-0.3, -0.25) is 9.59 Å². The molecule has 0 amide bonds. The molecule has 0 radical (unpaired) electrons. The number of hydrogen-bond acceptors (Lipinski definition) is 8. The number of fused-ring (bicyclic) bond motifs is 1. The molecule has 30 heavy (non-hydrogen) atoms. The Labute approximate surface area is 172 Å². The Morgan fingerprint density at radius 3 is 2.57 bits per heavy atom. The van der Waals surface area contributed by atoms with Crippen LogP contribution in [-0.4, -0.2) is 35.1 Å².